The maximum atomic E-state index is 13.4. The number of furan rings is 1. The average molecular weight is 394 g/mol. The van der Waals surface area contributed by atoms with Gasteiger partial charge in [-0.05, 0) is 66.9 Å². The van der Waals surface area contributed by atoms with E-state index in [4.69, 9.17) is 9.52 Å². The Morgan fingerprint density at radius 1 is 1.10 bits per heavy atom. The number of hydrogen-bond donors (Lipinski definition) is 2. The van der Waals surface area contributed by atoms with Gasteiger partial charge in [0, 0.05) is 5.69 Å². The zero-order valence-corrected chi connectivity index (χ0v) is 16.0. The number of halogens is 1. The lowest BCUT2D eigenvalue weighted by atomic mass is 10.1. The predicted molar refractivity (Wildman–Crippen MR) is 109 cm³/mol. The van der Waals surface area contributed by atoms with Gasteiger partial charge in [0.25, 0.3) is 0 Å². The molecule has 1 amide bonds. The minimum atomic E-state index is -0.274. The first kappa shape index (κ1) is 19.4. The Balaban J connectivity index is 1.40. The fourth-order valence-electron chi connectivity index (χ4n) is 3.74. The molecule has 0 radical (unpaired) electrons. The van der Waals surface area contributed by atoms with Crippen LogP contribution in [-0.2, 0) is 17.9 Å². The molecule has 2 heterocycles. The summed E-state index contributed by atoms with van der Waals surface area (Å²) in [7, 11) is 0. The molecule has 1 aliphatic heterocycles. The van der Waals surface area contributed by atoms with E-state index in [9.17, 15) is 9.18 Å². The molecular formula is C23H23FN2O3. The van der Waals surface area contributed by atoms with Crippen molar-refractivity contribution in [3.8, 4) is 11.1 Å². The molecule has 0 aliphatic carbocycles. The zero-order chi connectivity index (χ0) is 20.2. The molecule has 0 unspecified atom stereocenters. The van der Waals surface area contributed by atoms with Crippen LogP contribution in [0.2, 0.25) is 0 Å². The maximum Gasteiger partial charge on any atom is 0.241 e. The second kappa shape index (κ2) is 8.59. The molecular weight excluding hydrogens is 371 g/mol. The number of likely N-dealkylation sites (tertiary alicyclic amines) is 1. The number of carbonyl (C=O) groups excluding carboxylic acids is 1. The SMILES string of the molecule is O=C(Nc1ccc(-c2cccc(F)c2)cc1)[C@H]1CCCN1Cc1ccc(CO)o1. The molecule has 1 saturated heterocycles. The average Bonchev–Trinajstić information content (AvgIpc) is 3.38. The van der Waals surface area contributed by atoms with E-state index in [0.717, 1.165) is 36.3 Å². The van der Waals surface area contributed by atoms with Crippen LogP contribution in [0.5, 0.6) is 0 Å². The van der Waals surface area contributed by atoms with Gasteiger partial charge in [-0.15, -0.1) is 0 Å². The lowest BCUT2D eigenvalue weighted by Gasteiger charge is -2.22. The number of amides is 1. The summed E-state index contributed by atoms with van der Waals surface area (Å²) in [5.74, 6) is 0.950. The van der Waals surface area contributed by atoms with Crippen molar-refractivity contribution in [3.05, 3.63) is 78.0 Å². The lowest BCUT2D eigenvalue weighted by Crippen LogP contribution is -2.39. The number of carbonyl (C=O) groups is 1. The Hall–Kier alpha value is -2.96. The lowest BCUT2D eigenvalue weighted by molar-refractivity contribution is -0.120. The predicted octanol–water partition coefficient (Wildman–Crippen LogP) is 4.18. The van der Waals surface area contributed by atoms with Crippen molar-refractivity contribution in [2.75, 3.05) is 11.9 Å². The van der Waals surface area contributed by atoms with Crippen LogP contribution >= 0.6 is 0 Å². The van der Waals surface area contributed by atoms with Gasteiger partial charge in [-0.2, -0.15) is 0 Å². The molecule has 1 fully saturated rings. The van der Waals surface area contributed by atoms with Crippen molar-refractivity contribution < 1.29 is 18.7 Å². The molecule has 29 heavy (non-hydrogen) atoms. The van der Waals surface area contributed by atoms with E-state index in [0.29, 0.717) is 18.0 Å². The van der Waals surface area contributed by atoms with Gasteiger partial charge in [0.2, 0.25) is 5.91 Å². The molecule has 150 valence electrons. The number of rotatable bonds is 6. The minimum Gasteiger partial charge on any atom is -0.462 e. The Morgan fingerprint density at radius 3 is 2.62 bits per heavy atom. The fraction of sp³-hybridized carbons (Fsp3) is 0.261. The summed E-state index contributed by atoms with van der Waals surface area (Å²) in [5.41, 5.74) is 2.40. The largest absolute Gasteiger partial charge is 0.462 e. The van der Waals surface area contributed by atoms with Gasteiger partial charge in [0.1, 0.15) is 23.9 Å². The molecule has 1 aromatic heterocycles. The highest BCUT2D eigenvalue weighted by atomic mass is 19.1. The van der Waals surface area contributed by atoms with Crippen LogP contribution in [0.15, 0.2) is 65.1 Å². The summed E-state index contributed by atoms with van der Waals surface area (Å²) in [6.07, 6.45) is 1.74. The van der Waals surface area contributed by atoms with Crippen molar-refractivity contribution >= 4 is 11.6 Å². The molecule has 1 atom stereocenters. The molecule has 0 saturated carbocycles. The summed E-state index contributed by atoms with van der Waals surface area (Å²) in [6.45, 7) is 1.23. The van der Waals surface area contributed by atoms with Crippen molar-refractivity contribution in [1.82, 2.24) is 4.90 Å². The third-order valence-electron chi connectivity index (χ3n) is 5.21. The van der Waals surface area contributed by atoms with Gasteiger partial charge in [0.15, 0.2) is 0 Å². The van der Waals surface area contributed by atoms with E-state index >= 15 is 0 Å². The van der Waals surface area contributed by atoms with Gasteiger partial charge in [0.05, 0.1) is 12.6 Å². The summed E-state index contributed by atoms with van der Waals surface area (Å²) in [5, 5.41) is 12.1. The summed E-state index contributed by atoms with van der Waals surface area (Å²) < 4.78 is 19.0. The van der Waals surface area contributed by atoms with Crippen LogP contribution in [0.1, 0.15) is 24.4 Å². The first-order valence-electron chi connectivity index (χ1n) is 9.72. The smallest absolute Gasteiger partial charge is 0.241 e. The maximum absolute atomic E-state index is 13.4. The first-order chi connectivity index (χ1) is 14.1. The molecule has 1 aliphatic rings. The van der Waals surface area contributed by atoms with Crippen LogP contribution in [-0.4, -0.2) is 28.5 Å². The van der Waals surface area contributed by atoms with Gasteiger partial charge in [-0.3, -0.25) is 9.69 Å². The first-order valence-corrected chi connectivity index (χ1v) is 9.72. The number of hydrogen-bond acceptors (Lipinski definition) is 4. The van der Waals surface area contributed by atoms with Crippen LogP contribution in [0, 0.1) is 5.82 Å². The highest BCUT2D eigenvalue weighted by Gasteiger charge is 2.31. The normalized spacial score (nSPS) is 16.8. The molecule has 5 nitrogen and oxygen atoms in total. The molecule has 2 aromatic carbocycles. The molecule has 4 rings (SSSR count). The third kappa shape index (κ3) is 4.55. The highest BCUT2D eigenvalue weighted by molar-refractivity contribution is 5.95. The van der Waals surface area contributed by atoms with E-state index in [1.165, 1.54) is 12.1 Å². The Bertz CT molecular complexity index is 984. The van der Waals surface area contributed by atoms with Crippen LogP contribution < -0.4 is 5.32 Å². The molecule has 3 aromatic rings. The van der Waals surface area contributed by atoms with E-state index in [1.807, 2.05) is 36.4 Å². The van der Waals surface area contributed by atoms with E-state index in [1.54, 1.807) is 12.1 Å². The van der Waals surface area contributed by atoms with Crippen molar-refractivity contribution in [1.29, 1.82) is 0 Å². The molecule has 0 bridgehead atoms. The third-order valence-corrected chi connectivity index (χ3v) is 5.21. The quantitative estimate of drug-likeness (QED) is 0.658. The van der Waals surface area contributed by atoms with Crippen LogP contribution in [0.3, 0.4) is 0 Å². The van der Waals surface area contributed by atoms with Crippen molar-refractivity contribution in [2.24, 2.45) is 0 Å². The second-order valence-electron chi connectivity index (χ2n) is 7.23. The van der Waals surface area contributed by atoms with Crippen LogP contribution in [0.25, 0.3) is 11.1 Å². The number of nitrogens with one attached hydrogen (secondary N) is 1. The number of benzene rings is 2. The Kier molecular flexibility index (Phi) is 5.74. The number of anilines is 1. The Morgan fingerprint density at radius 2 is 1.90 bits per heavy atom. The molecule has 0 spiro atoms. The number of aliphatic hydroxyl groups excluding tert-OH is 1. The van der Waals surface area contributed by atoms with E-state index < -0.39 is 0 Å². The minimum absolute atomic E-state index is 0.0463. The van der Waals surface area contributed by atoms with Gasteiger partial charge >= 0.3 is 0 Å². The van der Waals surface area contributed by atoms with Crippen molar-refractivity contribution in [2.45, 2.75) is 32.0 Å². The topological polar surface area (TPSA) is 65.7 Å². The monoisotopic (exact) mass is 394 g/mol. The summed E-state index contributed by atoms with van der Waals surface area (Å²) in [6, 6.07) is 17.2. The van der Waals surface area contributed by atoms with E-state index in [-0.39, 0.29) is 24.4 Å². The zero-order valence-electron chi connectivity index (χ0n) is 16.0. The van der Waals surface area contributed by atoms with Gasteiger partial charge < -0.3 is 14.8 Å². The molecule has 6 heteroatoms. The summed E-state index contributed by atoms with van der Waals surface area (Å²) >= 11 is 0. The van der Waals surface area contributed by atoms with E-state index in [2.05, 4.69) is 10.2 Å². The fourth-order valence-corrected chi connectivity index (χ4v) is 3.74. The van der Waals surface area contributed by atoms with Crippen molar-refractivity contribution in [3.63, 3.8) is 0 Å². The number of nitrogens with zero attached hydrogens (tertiary/aromatic N) is 1. The second-order valence-corrected chi connectivity index (χ2v) is 7.23. The van der Waals surface area contributed by atoms with Crippen LogP contribution in [0.4, 0.5) is 10.1 Å². The molecule has 2 N–H and O–H groups in total. The highest BCUT2D eigenvalue weighted by Crippen LogP contribution is 2.25. The Labute approximate surface area is 168 Å². The summed E-state index contributed by atoms with van der Waals surface area (Å²) in [4.78, 5) is 14.9. The number of aliphatic hydroxyl groups is 1. The van der Waals surface area contributed by atoms with Gasteiger partial charge in [-0.25, -0.2) is 4.39 Å². The van der Waals surface area contributed by atoms with Gasteiger partial charge in [-0.1, -0.05) is 24.3 Å². The standard InChI is InChI=1S/C23H23FN2O3/c24-18-4-1-3-17(13-18)16-6-8-19(9-7-16)25-23(28)22-5-2-12-26(22)14-20-10-11-21(15-27)29-20/h1,3-4,6-11,13,22,27H,2,5,12,14-15H2,(H,25,28)/t22-/m1/s1.